The predicted molar refractivity (Wildman–Crippen MR) is 97.2 cm³/mol. The third-order valence-corrected chi connectivity index (χ3v) is 3.65. The molecular weight excluding hydrogens is 350 g/mol. The van der Waals surface area contributed by atoms with E-state index in [1.54, 1.807) is 24.3 Å². The fourth-order valence-electron chi connectivity index (χ4n) is 2.22. The number of carbonyl (C=O) groups excluding carboxylic acids is 3. The summed E-state index contributed by atoms with van der Waals surface area (Å²) in [5.74, 6) is 1.07. The molecule has 0 aromatic carbocycles. The Morgan fingerprint density at radius 3 is 2.56 bits per heavy atom. The van der Waals surface area contributed by atoms with E-state index >= 15 is 0 Å². The topological polar surface area (TPSA) is 122 Å². The Bertz CT molecular complexity index is 849. The van der Waals surface area contributed by atoms with Crippen LogP contribution in [0.15, 0.2) is 36.7 Å². The molecule has 0 unspecified atom stereocenters. The van der Waals surface area contributed by atoms with Gasteiger partial charge in [0.25, 0.3) is 0 Å². The molecule has 1 aliphatic carbocycles. The van der Waals surface area contributed by atoms with Gasteiger partial charge >= 0.3 is 0 Å². The molecule has 3 N–H and O–H groups in total. The lowest BCUT2D eigenvalue weighted by Gasteiger charge is -2.09. The Balaban J connectivity index is 1.51. The number of carbonyl (C=O) groups is 3. The maximum atomic E-state index is 11.8. The van der Waals surface area contributed by atoms with Gasteiger partial charge in [-0.25, -0.2) is 9.97 Å². The minimum absolute atomic E-state index is 0.0618. The first-order valence-electron chi connectivity index (χ1n) is 8.45. The number of anilines is 2. The first-order chi connectivity index (χ1) is 13.0. The van der Waals surface area contributed by atoms with E-state index in [0.717, 1.165) is 12.8 Å². The summed E-state index contributed by atoms with van der Waals surface area (Å²) < 4.78 is 5.65. The molecule has 3 rings (SSSR count). The Hall–Kier alpha value is -3.49. The normalized spacial score (nSPS) is 12.8. The van der Waals surface area contributed by atoms with Gasteiger partial charge in [-0.3, -0.25) is 14.4 Å². The Labute approximate surface area is 155 Å². The van der Waals surface area contributed by atoms with Crippen LogP contribution in [-0.2, 0) is 14.4 Å². The molecule has 2 aromatic rings. The summed E-state index contributed by atoms with van der Waals surface area (Å²) >= 11 is 0. The van der Waals surface area contributed by atoms with Crippen LogP contribution < -0.4 is 20.7 Å². The third-order valence-electron chi connectivity index (χ3n) is 3.65. The largest absolute Gasteiger partial charge is 0.456 e. The monoisotopic (exact) mass is 369 g/mol. The summed E-state index contributed by atoms with van der Waals surface area (Å²) in [7, 11) is 0. The lowest BCUT2D eigenvalue weighted by Crippen LogP contribution is -2.33. The van der Waals surface area contributed by atoms with Crippen molar-refractivity contribution < 1.29 is 19.1 Å². The van der Waals surface area contributed by atoms with E-state index in [1.807, 2.05) is 0 Å². The lowest BCUT2D eigenvalue weighted by atomic mass is 10.4. The molecule has 1 aliphatic rings. The van der Waals surface area contributed by atoms with E-state index in [-0.39, 0.29) is 30.2 Å². The van der Waals surface area contributed by atoms with Crippen molar-refractivity contribution >= 4 is 29.4 Å². The van der Waals surface area contributed by atoms with Crippen molar-refractivity contribution in [2.75, 3.05) is 17.2 Å². The van der Waals surface area contributed by atoms with E-state index in [0.29, 0.717) is 23.1 Å². The van der Waals surface area contributed by atoms with Crippen molar-refractivity contribution in [3.63, 3.8) is 0 Å². The number of rotatable bonds is 7. The molecule has 0 bridgehead atoms. The second-order valence-corrected chi connectivity index (χ2v) is 6.08. The van der Waals surface area contributed by atoms with Crippen LogP contribution in [0.5, 0.6) is 11.5 Å². The van der Waals surface area contributed by atoms with Crippen LogP contribution in [0, 0.1) is 5.92 Å². The van der Waals surface area contributed by atoms with Crippen LogP contribution in [0.3, 0.4) is 0 Å². The van der Waals surface area contributed by atoms with Gasteiger partial charge in [-0.15, -0.1) is 0 Å². The molecule has 1 saturated carbocycles. The van der Waals surface area contributed by atoms with Gasteiger partial charge in [0.1, 0.15) is 23.1 Å². The van der Waals surface area contributed by atoms with E-state index in [2.05, 4.69) is 25.9 Å². The average Bonchev–Trinajstić information content (AvgIpc) is 3.46. The summed E-state index contributed by atoms with van der Waals surface area (Å²) in [6, 6.07) is 6.46. The molecule has 0 spiro atoms. The number of aromatic nitrogens is 2. The summed E-state index contributed by atoms with van der Waals surface area (Å²) in [6.07, 6.45) is 4.75. The van der Waals surface area contributed by atoms with Gasteiger partial charge in [0.15, 0.2) is 0 Å². The zero-order chi connectivity index (χ0) is 19.2. The Morgan fingerprint density at radius 1 is 1.07 bits per heavy atom. The standard InChI is InChI=1S/C18H19N5O4/c1-11(24)22-16-8-13(6-7-19-16)27-14-4-5-15(20-9-14)23-17(25)10-21-18(26)12-2-3-12/h4-9,12H,2-3,10H2,1H3,(H,21,26)(H,19,22,24)(H,20,23,25). The molecule has 2 aromatic heterocycles. The van der Waals surface area contributed by atoms with E-state index in [9.17, 15) is 14.4 Å². The van der Waals surface area contributed by atoms with Crippen LogP contribution in [0.25, 0.3) is 0 Å². The smallest absolute Gasteiger partial charge is 0.244 e. The highest BCUT2D eigenvalue weighted by Crippen LogP contribution is 2.28. The number of amides is 3. The summed E-state index contributed by atoms with van der Waals surface area (Å²) in [5, 5.41) is 7.76. The second-order valence-electron chi connectivity index (χ2n) is 6.08. The number of ether oxygens (including phenoxy) is 1. The fourth-order valence-corrected chi connectivity index (χ4v) is 2.22. The summed E-state index contributed by atoms with van der Waals surface area (Å²) in [4.78, 5) is 42.5. The first kappa shape index (κ1) is 18.3. The molecule has 9 nitrogen and oxygen atoms in total. The molecule has 0 saturated heterocycles. The third kappa shape index (κ3) is 5.77. The SMILES string of the molecule is CC(=O)Nc1cc(Oc2ccc(NC(=O)CNC(=O)C3CC3)nc2)ccn1. The molecule has 2 heterocycles. The van der Waals surface area contributed by atoms with Crippen LogP contribution in [-0.4, -0.2) is 34.2 Å². The van der Waals surface area contributed by atoms with E-state index in [1.165, 1.54) is 19.3 Å². The first-order valence-corrected chi connectivity index (χ1v) is 8.45. The van der Waals surface area contributed by atoms with Crippen LogP contribution in [0.4, 0.5) is 11.6 Å². The molecule has 9 heteroatoms. The lowest BCUT2D eigenvalue weighted by molar-refractivity contribution is -0.125. The van der Waals surface area contributed by atoms with Crippen molar-refractivity contribution in [3.8, 4) is 11.5 Å². The molecule has 3 amide bonds. The quantitative estimate of drug-likeness (QED) is 0.683. The number of hydrogen-bond acceptors (Lipinski definition) is 6. The van der Waals surface area contributed by atoms with Gasteiger partial charge in [0.2, 0.25) is 17.7 Å². The minimum Gasteiger partial charge on any atom is -0.456 e. The van der Waals surface area contributed by atoms with Gasteiger partial charge in [0, 0.05) is 25.1 Å². The van der Waals surface area contributed by atoms with Crippen molar-refractivity contribution in [2.45, 2.75) is 19.8 Å². The maximum absolute atomic E-state index is 11.8. The zero-order valence-electron chi connectivity index (χ0n) is 14.7. The Morgan fingerprint density at radius 2 is 1.89 bits per heavy atom. The van der Waals surface area contributed by atoms with E-state index in [4.69, 9.17) is 4.74 Å². The van der Waals surface area contributed by atoms with Gasteiger partial charge < -0.3 is 20.7 Å². The van der Waals surface area contributed by atoms with E-state index < -0.39 is 0 Å². The second kappa shape index (κ2) is 8.26. The van der Waals surface area contributed by atoms with Gasteiger partial charge in [-0.05, 0) is 31.0 Å². The number of nitrogens with zero attached hydrogens (tertiary/aromatic N) is 2. The van der Waals surface area contributed by atoms with Crippen molar-refractivity contribution in [2.24, 2.45) is 5.92 Å². The van der Waals surface area contributed by atoms with Crippen LogP contribution >= 0.6 is 0 Å². The van der Waals surface area contributed by atoms with Gasteiger partial charge in [0.05, 0.1) is 12.7 Å². The predicted octanol–water partition coefficient (Wildman–Crippen LogP) is 1.69. The molecule has 1 fully saturated rings. The molecule has 0 radical (unpaired) electrons. The van der Waals surface area contributed by atoms with Crippen molar-refractivity contribution in [1.82, 2.24) is 15.3 Å². The van der Waals surface area contributed by atoms with Crippen LogP contribution in [0.2, 0.25) is 0 Å². The average molecular weight is 369 g/mol. The highest BCUT2D eigenvalue weighted by Gasteiger charge is 2.29. The Kier molecular flexibility index (Phi) is 5.60. The number of pyridine rings is 2. The molecular formula is C18H19N5O4. The fraction of sp³-hybridized carbons (Fsp3) is 0.278. The number of hydrogen-bond donors (Lipinski definition) is 3. The van der Waals surface area contributed by atoms with Gasteiger partial charge in [-0.1, -0.05) is 0 Å². The van der Waals surface area contributed by atoms with Crippen molar-refractivity contribution in [3.05, 3.63) is 36.7 Å². The van der Waals surface area contributed by atoms with Crippen molar-refractivity contribution in [1.29, 1.82) is 0 Å². The summed E-state index contributed by atoms with van der Waals surface area (Å²) in [5.41, 5.74) is 0. The molecule has 140 valence electrons. The minimum atomic E-state index is -0.348. The van der Waals surface area contributed by atoms with Gasteiger partial charge in [-0.2, -0.15) is 0 Å². The number of nitrogens with one attached hydrogen (secondary N) is 3. The molecule has 27 heavy (non-hydrogen) atoms. The maximum Gasteiger partial charge on any atom is 0.244 e. The van der Waals surface area contributed by atoms with Crippen LogP contribution in [0.1, 0.15) is 19.8 Å². The molecule has 0 aliphatic heterocycles. The zero-order valence-corrected chi connectivity index (χ0v) is 14.7. The highest BCUT2D eigenvalue weighted by atomic mass is 16.5. The molecule has 0 atom stereocenters. The highest BCUT2D eigenvalue weighted by molar-refractivity contribution is 5.94. The summed E-state index contributed by atoms with van der Waals surface area (Å²) in [6.45, 7) is 1.31.